The molecule has 3 rings (SSSR count). The van der Waals surface area contributed by atoms with E-state index in [0.717, 1.165) is 15.7 Å². The quantitative estimate of drug-likeness (QED) is 0.565. The standard InChI is InChI=1S/C18H18BrN5O/c19-14-6-2-1-5-13(14)12-22-17-11-16(15-7-3-4-8-20-15)23-18(24-17)21-9-10-25/h1-8,11,25H,9-10,12H2,(H2,21,22,23,24). The predicted octanol–water partition coefficient (Wildman–Crippen LogP) is 3.32. The smallest absolute Gasteiger partial charge is 0.225 e. The molecule has 2 aromatic heterocycles. The van der Waals surface area contributed by atoms with Crippen LogP contribution in [0.3, 0.4) is 0 Å². The zero-order chi connectivity index (χ0) is 17.5. The number of aliphatic hydroxyl groups excluding tert-OH is 1. The first-order valence-corrected chi connectivity index (χ1v) is 8.68. The maximum absolute atomic E-state index is 9.01. The Morgan fingerprint density at radius 2 is 1.80 bits per heavy atom. The number of aliphatic hydroxyl groups is 1. The first-order valence-electron chi connectivity index (χ1n) is 7.89. The van der Waals surface area contributed by atoms with Crippen LogP contribution in [0.2, 0.25) is 0 Å². The minimum atomic E-state index is 0.0108. The lowest BCUT2D eigenvalue weighted by atomic mass is 10.2. The molecule has 0 aliphatic heterocycles. The third-order valence-corrected chi connectivity index (χ3v) is 4.24. The Hall–Kier alpha value is -2.51. The summed E-state index contributed by atoms with van der Waals surface area (Å²) < 4.78 is 1.04. The van der Waals surface area contributed by atoms with E-state index in [1.807, 2.05) is 48.5 Å². The molecule has 0 bridgehead atoms. The molecule has 3 aromatic rings. The van der Waals surface area contributed by atoms with E-state index >= 15 is 0 Å². The molecule has 0 atom stereocenters. The number of hydrogen-bond donors (Lipinski definition) is 3. The van der Waals surface area contributed by atoms with Gasteiger partial charge in [-0.15, -0.1) is 0 Å². The monoisotopic (exact) mass is 399 g/mol. The fraction of sp³-hybridized carbons (Fsp3) is 0.167. The van der Waals surface area contributed by atoms with E-state index in [1.165, 1.54) is 0 Å². The van der Waals surface area contributed by atoms with Gasteiger partial charge in [0.2, 0.25) is 5.95 Å². The molecule has 1 aromatic carbocycles. The molecule has 0 amide bonds. The largest absolute Gasteiger partial charge is 0.395 e. The molecule has 0 radical (unpaired) electrons. The summed E-state index contributed by atoms with van der Waals surface area (Å²) in [6.07, 6.45) is 1.73. The first kappa shape index (κ1) is 17.3. The van der Waals surface area contributed by atoms with Crippen molar-refractivity contribution in [2.45, 2.75) is 6.54 Å². The molecule has 0 saturated heterocycles. The van der Waals surface area contributed by atoms with Crippen LogP contribution in [-0.4, -0.2) is 33.2 Å². The van der Waals surface area contributed by atoms with Crippen molar-refractivity contribution >= 4 is 27.7 Å². The van der Waals surface area contributed by atoms with Gasteiger partial charge in [-0.2, -0.15) is 4.98 Å². The maximum Gasteiger partial charge on any atom is 0.225 e. The van der Waals surface area contributed by atoms with Crippen LogP contribution in [0.15, 0.2) is 59.2 Å². The van der Waals surface area contributed by atoms with E-state index in [1.54, 1.807) is 6.20 Å². The second-order valence-corrected chi connectivity index (χ2v) is 6.13. The molecule has 25 heavy (non-hydrogen) atoms. The van der Waals surface area contributed by atoms with Gasteiger partial charge in [0, 0.05) is 29.8 Å². The first-order chi connectivity index (χ1) is 12.3. The van der Waals surface area contributed by atoms with Gasteiger partial charge in [0.15, 0.2) is 0 Å². The highest BCUT2D eigenvalue weighted by molar-refractivity contribution is 9.10. The lowest BCUT2D eigenvalue weighted by molar-refractivity contribution is 0.311. The second kappa shape index (κ2) is 8.55. The average Bonchev–Trinajstić information content (AvgIpc) is 2.66. The van der Waals surface area contributed by atoms with Crippen molar-refractivity contribution in [1.82, 2.24) is 15.0 Å². The summed E-state index contributed by atoms with van der Waals surface area (Å²) in [7, 11) is 0. The molecule has 7 heteroatoms. The van der Waals surface area contributed by atoms with Crippen LogP contribution in [0.5, 0.6) is 0 Å². The Morgan fingerprint density at radius 3 is 2.56 bits per heavy atom. The number of pyridine rings is 1. The summed E-state index contributed by atoms with van der Waals surface area (Å²) in [6.45, 7) is 1.02. The zero-order valence-electron chi connectivity index (χ0n) is 13.5. The predicted molar refractivity (Wildman–Crippen MR) is 102 cm³/mol. The summed E-state index contributed by atoms with van der Waals surface area (Å²) in [4.78, 5) is 13.3. The molecule has 2 heterocycles. The molecular weight excluding hydrogens is 382 g/mol. The Balaban J connectivity index is 1.85. The molecular formula is C18H18BrN5O. The SMILES string of the molecule is OCCNc1nc(NCc2ccccc2Br)cc(-c2ccccn2)n1. The van der Waals surface area contributed by atoms with Crippen LogP contribution in [0.4, 0.5) is 11.8 Å². The van der Waals surface area contributed by atoms with E-state index in [2.05, 4.69) is 41.5 Å². The molecule has 3 N–H and O–H groups in total. The molecule has 0 aliphatic carbocycles. The Morgan fingerprint density at radius 1 is 0.960 bits per heavy atom. The number of anilines is 2. The summed E-state index contributed by atoms with van der Waals surface area (Å²) in [6, 6.07) is 15.6. The van der Waals surface area contributed by atoms with Gasteiger partial charge in [-0.1, -0.05) is 40.2 Å². The minimum Gasteiger partial charge on any atom is -0.395 e. The normalized spacial score (nSPS) is 10.5. The third-order valence-electron chi connectivity index (χ3n) is 3.47. The van der Waals surface area contributed by atoms with Crippen LogP contribution in [0, 0.1) is 0 Å². The van der Waals surface area contributed by atoms with E-state index < -0.39 is 0 Å². The molecule has 0 fully saturated rings. The van der Waals surface area contributed by atoms with Crippen LogP contribution in [-0.2, 0) is 6.54 Å². The number of benzene rings is 1. The molecule has 0 saturated carbocycles. The van der Waals surface area contributed by atoms with Crippen LogP contribution >= 0.6 is 15.9 Å². The van der Waals surface area contributed by atoms with Crippen molar-refractivity contribution in [2.24, 2.45) is 0 Å². The van der Waals surface area contributed by atoms with Gasteiger partial charge in [0.05, 0.1) is 18.0 Å². The van der Waals surface area contributed by atoms with Crippen LogP contribution in [0.25, 0.3) is 11.4 Å². The number of nitrogens with zero attached hydrogens (tertiary/aromatic N) is 3. The van der Waals surface area contributed by atoms with Crippen molar-refractivity contribution in [3.05, 3.63) is 64.8 Å². The minimum absolute atomic E-state index is 0.0108. The summed E-state index contributed by atoms with van der Waals surface area (Å²) in [5.41, 5.74) is 2.61. The molecule has 128 valence electrons. The maximum atomic E-state index is 9.01. The Labute approximate surface area is 154 Å². The van der Waals surface area contributed by atoms with Crippen molar-refractivity contribution in [3.63, 3.8) is 0 Å². The third kappa shape index (κ3) is 4.74. The lowest BCUT2D eigenvalue weighted by Gasteiger charge is -2.11. The van der Waals surface area contributed by atoms with Gasteiger partial charge in [-0.3, -0.25) is 4.98 Å². The Kier molecular flexibility index (Phi) is 5.92. The zero-order valence-corrected chi connectivity index (χ0v) is 15.1. The van der Waals surface area contributed by atoms with Gasteiger partial charge < -0.3 is 15.7 Å². The number of aromatic nitrogens is 3. The van der Waals surface area contributed by atoms with Gasteiger partial charge in [0.25, 0.3) is 0 Å². The van der Waals surface area contributed by atoms with Crippen molar-refractivity contribution in [1.29, 1.82) is 0 Å². The number of hydrogen-bond acceptors (Lipinski definition) is 6. The van der Waals surface area contributed by atoms with Gasteiger partial charge in [-0.25, -0.2) is 4.98 Å². The second-order valence-electron chi connectivity index (χ2n) is 5.27. The molecule has 0 unspecified atom stereocenters. The topological polar surface area (TPSA) is 83.0 Å². The van der Waals surface area contributed by atoms with Gasteiger partial charge in [-0.05, 0) is 23.8 Å². The average molecular weight is 400 g/mol. The van der Waals surface area contributed by atoms with Crippen molar-refractivity contribution in [3.8, 4) is 11.4 Å². The molecule has 6 nitrogen and oxygen atoms in total. The number of rotatable bonds is 7. The van der Waals surface area contributed by atoms with E-state index in [-0.39, 0.29) is 6.61 Å². The lowest BCUT2D eigenvalue weighted by Crippen LogP contribution is -2.11. The number of halogens is 1. The van der Waals surface area contributed by atoms with Crippen LogP contribution in [0.1, 0.15) is 5.56 Å². The summed E-state index contributed by atoms with van der Waals surface area (Å²) >= 11 is 3.55. The van der Waals surface area contributed by atoms with Crippen molar-refractivity contribution in [2.75, 3.05) is 23.8 Å². The highest BCUT2D eigenvalue weighted by atomic mass is 79.9. The Bertz CT molecular complexity index is 829. The highest BCUT2D eigenvalue weighted by Gasteiger charge is 2.08. The van der Waals surface area contributed by atoms with E-state index in [0.29, 0.717) is 30.5 Å². The highest BCUT2D eigenvalue weighted by Crippen LogP contribution is 2.21. The van der Waals surface area contributed by atoms with E-state index in [9.17, 15) is 0 Å². The molecule has 0 aliphatic rings. The molecule has 0 spiro atoms. The van der Waals surface area contributed by atoms with Crippen LogP contribution < -0.4 is 10.6 Å². The summed E-state index contributed by atoms with van der Waals surface area (Å²) in [5, 5.41) is 15.3. The van der Waals surface area contributed by atoms with Gasteiger partial charge >= 0.3 is 0 Å². The van der Waals surface area contributed by atoms with E-state index in [4.69, 9.17) is 5.11 Å². The van der Waals surface area contributed by atoms with Gasteiger partial charge in [0.1, 0.15) is 5.82 Å². The summed E-state index contributed by atoms with van der Waals surface area (Å²) in [5.74, 6) is 1.14. The fourth-order valence-electron chi connectivity index (χ4n) is 2.26. The fourth-order valence-corrected chi connectivity index (χ4v) is 2.68. The number of nitrogens with one attached hydrogen (secondary N) is 2. The van der Waals surface area contributed by atoms with Crippen molar-refractivity contribution < 1.29 is 5.11 Å².